The van der Waals surface area contributed by atoms with Crippen LogP contribution < -0.4 is 10.1 Å². The summed E-state index contributed by atoms with van der Waals surface area (Å²) in [6.45, 7) is 1.94. The number of ether oxygens (including phenoxy) is 1. The number of aromatic amines is 1. The molecule has 0 radical (unpaired) electrons. The molecule has 140 valence electrons. The number of fused-ring (bicyclic) bond motifs is 1. The van der Waals surface area contributed by atoms with Crippen molar-refractivity contribution >= 4 is 11.6 Å². The fourth-order valence-electron chi connectivity index (χ4n) is 3.51. The minimum atomic E-state index is -0.719. The number of carbonyl (C=O) groups is 1. The second kappa shape index (κ2) is 6.82. The fraction of sp³-hybridized carbons (Fsp3) is 0.174. The maximum atomic E-state index is 12.8. The number of hydrogen-bond donors (Lipinski definition) is 3. The molecule has 0 spiro atoms. The van der Waals surface area contributed by atoms with Crippen molar-refractivity contribution in [2.45, 2.75) is 18.8 Å². The quantitative estimate of drug-likeness (QED) is 0.615. The first-order chi connectivity index (χ1) is 13.5. The van der Waals surface area contributed by atoms with Gasteiger partial charge >= 0.3 is 0 Å². The molecule has 0 saturated carbocycles. The van der Waals surface area contributed by atoms with E-state index in [2.05, 4.69) is 22.1 Å². The van der Waals surface area contributed by atoms with Gasteiger partial charge in [-0.15, -0.1) is 0 Å². The molecule has 5 nitrogen and oxygen atoms in total. The highest BCUT2D eigenvalue weighted by molar-refractivity contribution is 6.06. The van der Waals surface area contributed by atoms with E-state index in [1.54, 1.807) is 31.4 Å². The third-order valence-electron chi connectivity index (χ3n) is 5.12. The molecular formula is C23H20N2O3. The number of rotatable bonds is 3. The Labute approximate surface area is 163 Å². The molecule has 1 aromatic heterocycles. The number of anilines is 1. The number of amides is 1. The normalized spacial score (nSPS) is 17.4. The van der Waals surface area contributed by atoms with Gasteiger partial charge in [0.2, 0.25) is 5.91 Å². The summed E-state index contributed by atoms with van der Waals surface area (Å²) in [5.74, 6) is 7.14. The van der Waals surface area contributed by atoms with E-state index >= 15 is 0 Å². The molecule has 0 aliphatic carbocycles. The van der Waals surface area contributed by atoms with Gasteiger partial charge in [-0.1, -0.05) is 11.8 Å². The summed E-state index contributed by atoms with van der Waals surface area (Å²) in [6, 6.07) is 14.4. The highest BCUT2D eigenvalue weighted by atomic mass is 16.5. The van der Waals surface area contributed by atoms with Crippen molar-refractivity contribution in [2.75, 3.05) is 12.4 Å². The Morgan fingerprint density at radius 2 is 1.79 bits per heavy atom. The van der Waals surface area contributed by atoms with E-state index in [4.69, 9.17) is 4.74 Å². The van der Waals surface area contributed by atoms with Gasteiger partial charge in [0, 0.05) is 29.4 Å². The molecule has 0 bridgehead atoms. The van der Waals surface area contributed by atoms with Crippen LogP contribution in [0, 0.1) is 11.8 Å². The Kier molecular flexibility index (Phi) is 4.32. The van der Waals surface area contributed by atoms with E-state index < -0.39 is 5.41 Å². The van der Waals surface area contributed by atoms with E-state index in [9.17, 15) is 9.90 Å². The number of aromatic hydroxyl groups is 1. The van der Waals surface area contributed by atoms with Gasteiger partial charge in [0.25, 0.3) is 0 Å². The number of methoxy groups -OCH3 is 1. The van der Waals surface area contributed by atoms with Crippen LogP contribution in [0.15, 0.2) is 54.7 Å². The average Bonchev–Trinajstić information content (AvgIpc) is 3.24. The van der Waals surface area contributed by atoms with Gasteiger partial charge in [0.15, 0.2) is 0 Å². The third-order valence-corrected chi connectivity index (χ3v) is 5.12. The summed E-state index contributed by atoms with van der Waals surface area (Å²) in [5.41, 5.74) is 3.54. The molecule has 1 aliphatic heterocycles. The summed E-state index contributed by atoms with van der Waals surface area (Å²) >= 11 is 0. The van der Waals surface area contributed by atoms with Crippen LogP contribution >= 0.6 is 0 Å². The first-order valence-electron chi connectivity index (χ1n) is 8.97. The van der Waals surface area contributed by atoms with Crippen LogP contribution in [0.2, 0.25) is 0 Å². The number of nitrogens with one attached hydrogen (secondary N) is 2. The molecule has 5 heteroatoms. The number of phenolic OH excluding ortho intramolecular Hbond substituents is 1. The maximum Gasteiger partial charge on any atom is 0.235 e. The van der Waals surface area contributed by atoms with Crippen molar-refractivity contribution in [1.29, 1.82) is 0 Å². The number of hydrogen-bond acceptors (Lipinski definition) is 3. The van der Waals surface area contributed by atoms with Crippen molar-refractivity contribution in [1.82, 2.24) is 4.98 Å². The lowest BCUT2D eigenvalue weighted by Gasteiger charge is -2.22. The zero-order valence-corrected chi connectivity index (χ0v) is 15.7. The predicted octanol–water partition coefficient (Wildman–Crippen LogP) is 3.58. The Hall–Kier alpha value is -3.65. The van der Waals surface area contributed by atoms with Crippen molar-refractivity contribution in [3.8, 4) is 23.3 Å². The number of benzene rings is 2. The average molecular weight is 372 g/mol. The van der Waals surface area contributed by atoms with Crippen molar-refractivity contribution in [3.63, 3.8) is 0 Å². The molecule has 1 unspecified atom stereocenters. The minimum absolute atomic E-state index is 0.0391. The lowest BCUT2D eigenvalue weighted by molar-refractivity contribution is -0.120. The molecule has 3 N–H and O–H groups in total. The first kappa shape index (κ1) is 17.7. The second-order valence-corrected chi connectivity index (χ2v) is 7.04. The van der Waals surface area contributed by atoms with E-state index in [0.29, 0.717) is 6.42 Å². The van der Waals surface area contributed by atoms with Crippen LogP contribution in [-0.4, -0.2) is 23.1 Å². The zero-order valence-electron chi connectivity index (χ0n) is 15.7. The number of phenols is 1. The van der Waals surface area contributed by atoms with Gasteiger partial charge in [-0.05, 0) is 61.0 Å². The van der Waals surface area contributed by atoms with Gasteiger partial charge in [0.05, 0.1) is 18.2 Å². The van der Waals surface area contributed by atoms with Crippen LogP contribution in [0.4, 0.5) is 5.69 Å². The monoisotopic (exact) mass is 372 g/mol. The van der Waals surface area contributed by atoms with Gasteiger partial charge in [-0.25, -0.2) is 0 Å². The third kappa shape index (κ3) is 3.10. The molecule has 0 fully saturated rings. The van der Waals surface area contributed by atoms with Crippen LogP contribution in [0.5, 0.6) is 11.5 Å². The van der Waals surface area contributed by atoms with Gasteiger partial charge < -0.3 is 20.1 Å². The Morgan fingerprint density at radius 1 is 1.07 bits per heavy atom. The standard InChI is InChI=1S/C23H20N2O3/c1-23(14-20-21(28-2)11-12-24-20)18-13-16(7-10-19(18)25-22(23)27)4-3-15-5-8-17(26)9-6-15/h5-13,24,26H,14H2,1-2H3,(H,25,27). The number of carbonyl (C=O) groups excluding carboxylic acids is 1. The molecule has 4 rings (SSSR count). The summed E-state index contributed by atoms with van der Waals surface area (Å²) in [6.07, 6.45) is 2.31. The number of aromatic nitrogens is 1. The maximum absolute atomic E-state index is 12.8. The van der Waals surface area contributed by atoms with E-state index in [1.165, 1.54) is 0 Å². The Balaban J connectivity index is 1.68. The molecule has 3 aromatic rings. The Morgan fingerprint density at radius 3 is 2.54 bits per heavy atom. The van der Waals surface area contributed by atoms with Crippen molar-refractivity contribution in [3.05, 3.63) is 77.1 Å². The van der Waals surface area contributed by atoms with Gasteiger partial charge in [0.1, 0.15) is 11.5 Å². The summed E-state index contributed by atoms with van der Waals surface area (Å²) in [5, 5.41) is 12.4. The van der Waals surface area contributed by atoms with Crippen molar-refractivity contribution in [2.24, 2.45) is 0 Å². The molecule has 1 aliphatic rings. The molecule has 0 saturated heterocycles. The second-order valence-electron chi connectivity index (χ2n) is 7.04. The van der Waals surface area contributed by atoms with E-state index in [0.717, 1.165) is 33.8 Å². The lowest BCUT2D eigenvalue weighted by atomic mass is 9.79. The van der Waals surface area contributed by atoms with Gasteiger partial charge in [-0.3, -0.25) is 4.79 Å². The molecule has 2 aromatic carbocycles. The minimum Gasteiger partial charge on any atom is -0.508 e. The predicted molar refractivity (Wildman–Crippen MR) is 108 cm³/mol. The first-order valence-corrected chi connectivity index (χ1v) is 8.97. The molecule has 2 heterocycles. The largest absolute Gasteiger partial charge is 0.508 e. The van der Waals surface area contributed by atoms with Gasteiger partial charge in [-0.2, -0.15) is 0 Å². The van der Waals surface area contributed by atoms with Crippen LogP contribution in [-0.2, 0) is 16.6 Å². The fourth-order valence-corrected chi connectivity index (χ4v) is 3.51. The summed E-state index contributed by atoms with van der Waals surface area (Å²) < 4.78 is 5.38. The van der Waals surface area contributed by atoms with E-state index in [-0.39, 0.29) is 11.7 Å². The van der Waals surface area contributed by atoms with Crippen LogP contribution in [0.3, 0.4) is 0 Å². The van der Waals surface area contributed by atoms with Crippen LogP contribution in [0.25, 0.3) is 0 Å². The number of H-pyrrole nitrogens is 1. The Bertz CT molecular complexity index is 1100. The zero-order chi connectivity index (χ0) is 19.7. The molecular weight excluding hydrogens is 352 g/mol. The highest BCUT2D eigenvalue weighted by Gasteiger charge is 2.43. The van der Waals surface area contributed by atoms with E-state index in [1.807, 2.05) is 37.4 Å². The molecule has 28 heavy (non-hydrogen) atoms. The molecule has 1 amide bonds. The lowest BCUT2D eigenvalue weighted by Crippen LogP contribution is -2.33. The SMILES string of the molecule is COc1cc[nH]c1CC1(C)C(=O)Nc2ccc(C#Cc3ccc(O)cc3)cc21. The highest BCUT2D eigenvalue weighted by Crippen LogP contribution is 2.41. The van der Waals surface area contributed by atoms with Crippen molar-refractivity contribution < 1.29 is 14.6 Å². The molecule has 1 atom stereocenters. The van der Waals surface area contributed by atoms with Crippen LogP contribution in [0.1, 0.15) is 29.3 Å². The summed E-state index contributed by atoms with van der Waals surface area (Å²) in [7, 11) is 1.62. The smallest absolute Gasteiger partial charge is 0.235 e. The topological polar surface area (TPSA) is 74.4 Å². The summed E-state index contributed by atoms with van der Waals surface area (Å²) in [4.78, 5) is 15.9.